The molecule has 2 aliphatic carbocycles. The fourth-order valence-corrected chi connectivity index (χ4v) is 5.37. The summed E-state index contributed by atoms with van der Waals surface area (Å²) in [4.78, 5) is 0. The molecule has 0 aliphatic heterocycles. The van der Waals surface area contributed by atoms with Crippen molar-refractivity contribution in [3.05, 3.63) is 59.7 Å². The van der Waals surface area contributed by atoms with Crippen molar-refractivity contribution in [3.63, 3.8) is 0 Å². The largest absolute Gasteiger partial charge is 0.373 e. The molecule has 2 saturated carbocycles. The van der Waals surface area contributed by atoms with Crippen LogP contribution in [0.3, 0.4) is 0 Å². The van der Waals surface area contributed by atoms with Crippen LogP contribution >= 0.6 is 0 Å². The van der Waals surface area contributed by atoms with Gasteiger partial charge in [0.15, 0.2) is 0 Å². The lowest BCUT2D eigenvalue weighted by Gasteiger charge is -2.38. The van der Waals surface area contributed by atoms with Crippen molar-refractivity contribution in [2.75, 3.05) is 6.61 Å². The van der Waals surface area contributed by atoms with E-state index in [-0.39, 0.29) is 0 Å². The van der Waals surface area contributed by atoms with Crippen molar-refractivity contribution < 1.29 is 4.74 Å². The Morgan fingerprint density at radius 2 is 1.39 bits per heavy atom. The van der Waals surface area contributed by atoms with E-state index in [2.05, 4.69) is 49.4 Å². The minimum absolute atomic E-state index is 0.708. The highest BCUT2D eigenvalue weighted by atomic mass is 16.5. The van der Waals surface area contributed by atoms with Crippen molar-refractivity contribution >= 4 is 0 Å². The number of hydrogen-bond acceptors (Lipinski definition) is 1. The molecular formula is C27H40O. The van der Waals surface area contributed by atoms with Gasteiger partial charge in [-0.3, -0.25) is 0 Å². The monoisotopic (exact) mass is 380 g/mol. The molecule has 2 fully saturated rings. The molecule has 0 radical (unpaired) electrons. The van der Waals surface area contributed by atoms with E-state index < -0.39 is 0 Å². The van der Waals surface area contributed by atoms with Crippen molar-refractivity contribution in [1.29, 1.82) is 0 Å². The van der Waals surface area contributed by atoms with E-state index >= 15 is 0 Å². The van der Waals surface area contributed by atoms with Gasteiger partial charge in [-0.15, -0.1) is 0 Å². The smallest absolute Gasteiger partial charge is 0.0721 e. The van der Waals surface area contributed by atoms with Gasteiger partial charge >= 0.3 is 0 Å². The van der Waals surface area contributed by atoms with Crippen LogP contribution in [-0.4, -0.2) is 6.61 Å². The molecule has 1 nitrogen and oxygen atoms in total. The first-order valence-corrected chi connectivity index (χ1v) is 11.7. The molecule has 1 heteroatoms. The predicted octanol–water partition coefficient (Wildman–Crippen LogP) is 7.83. The molecule has 0 unspecified atom stereocenters. The third-order valence-corrected chi connectivity index (χ3v) is 7.20. The van der Waals surface area contributed by atoms with E-state index in [0.717, 1.165) is 23.7 Å². The molecule has 0 aromatic heterocycles. The van der Waals surface area contributed by atoms with Crippen LogP contribution in [0, 0.1) is 17.8 Å². The van der Waals surface area contributed by atoms with Gasteiger partial charge < -0.3 is 4.74 Å². The van der Waals surface area contributed by atoms with Crippen molar-refractivity contribution in [2.24, 2.45) is 17.8 Å². The molecule has 0 bridgehead atoms. The van der Waals surface area contributed by atoms with Gasteiger partial charge in [-0.05, 0) is 106 Å². The highest BCUT2D eigenvalue weighted by molar-refractivity contribution is 5.25. The molecule has 0 atom stereocenters. The Kier molecular flexibility index (Phi) is 8.86. The Balaban J connectivity index is 1.40. The summed E-state index contributed by atoms with van der Waals surface area (Å²) in [6.07, 6.45) is 21.6. The van der Waals surface area contributed by atoms with E-state index in [1.54, 1.807) is 5.56 Å². The van der Waals surface area contributed by atoms with E-state index in [4.69, 9.17) is 4.74 Å². The number of benzene rings is 1. The topological polar surface area (TPSA) is 9.23 Å². The SMILES string of the molecule is CC=CCOCc1ccc(C2CCC([C@H]3CC[C@H](C/C=C/C)CC3)CC2)cc1. The van der Waals surface area contributed by atoms with Gasteiger partial charge in [-0.25, -0.2) is 0 Å². The van der Waals surface area contributed by atoms with Crippen LogP contribution in [0.5, 0.6) is 0 Å². The molecule has 1 aromatic carbocycles. The Bertz CT molecular complexity index is 596. The zero-order valence-electron chi connectivity index (χ0n) is 18.1. The van der Waals surface area contributed by atoms with Gasteiger partial charge in [0.05, 0.1) is 13.2 Å². The summed E-state index contributed by atoms with van der Waals surface area (Å²) in [5.41, 5.74) is 2.84. The molecule has 154 valence electrons. The number of ether oxygens (including phenoxy) is 1. The lowest BCUT2D eigenvalue weighted by atomic mass is 9.68. The quantitative estimate of drug-likeness (QED) is 0.330. The van der Waals surface area contributed by atoms with Crippen LogP contribution in [0.25, 0.3) is 0 Å². The molecule has 0 heterocycles. The van der Waals surface area contributed by atoms with Crippen molar-refractivity contribution in [1.82, 2.24) is 0 Å². The van der Waals surface area contributed by atoms with Gasteiger partial charge in [0.1, 0.15) is 0 Å². The average molecular weight is 381 g/mol. The van der Waals surface area contributed by atoms with Gasteiger partial charge in [0, 0.05) is 0 Å². The second-order valence-corrected chi connectivity index (χ2v) is 9.02. The van der Waals surface area contributed by atoms with Gasteiger partial charge in [0.25, 0.3) is 0 Å². The molecule has 0 amide bonds. The van der Waals surface area contributed by atoms with Crippen molar-refractivity contribution in [2.45, 2.75) is 84.2 Å². The standard InChI is InChI=1S/C27H40O/c1-3-5-7-22-8-12-24(13-9-22)26-16-18-27(19-17-26)25-14-10-23(11-15-25)21-28-20-6-4-2/h3-6,10-11,14-15,22,24,26-27H,7-9,12-13,16-21H2,1-2H3/b5-3+,6-4?/t22-,24-,26?,27?. The summed E-state index contributed by atoms with van der Waals surface area (Å²) < 4.78 is 5.67. The van der Waals surface area contributed by atoms with Crippen LogP contribution in [0.4, 0.5) is 0 Å². The summed E-state index contributed by atoms with van der Waals surface area (Å²) in [7, 11) is 0. The molecular weight excluding hydrogens is 340 g/mol. The van der Waals surface area contributed by atoms with E-state index in [9.17, 15) is 0 Å². The first-order chi connectivity index (χ1) is 13.8. The molecule has 28 heavy (non-hydrogen) atoms. The Hall–Kier alpha value is -1.34. The second-order valence-electron chi connectivity index (χ2n) is 9.02. The van der Waals surface area contributed by atoms with Crippen LogP contribution in [0.2, 0.25) is 0 Å². The predicted molar refractivity (Wildman–Crippen MR) is 120 cm³/mol. The highest BCUT2D eigenvalue weighted by Gasteiger charge is 2.30. The second kappa shape index (κ2) is 11.6. The summed E-state index contributed by atoms with van der Waals surface area (Å²) in [6, 6.07) is 9.24. The maximum absolute atomic E-state index is 5.67. The summed E-state index contributed by atoms with van der Waals surface area (Å²) in [5.74, 6) is 3.75. The number of allylic oxidation sites excluding steroid dienone is 3. The third-order valence-electron chi connectivity index (χ3n) is 7.20. The molecule has 0 saturated heterocycles. The van der Waals surface area contributed by atoms with E-state index in [0.29, 0.717) is 13.2 Å². The van der Waals surface area contributed by atoms with E-state index in [1.165, 1.54) is 63.4 Å². The molecule has 0 N–H and O–H groups in total. The summed E-state index contributed by atoms with van der Waals surface area (Å²) in [6.45, 7) is 5.60. The highest BCUT2D eigenvalue weighted by Crippen LogP contribution is 2.44. The number of hydrogen-bond donors (Lipinski definition) is 0. The molecule has 0 spiro atoms. The minimum atomic E-state index is 0.708. The lowest BCUT2D eigenvalue weighted by Crippen LogP contribution is -2.25. The fraction of sp³-hybridized carbons (Fsp3) is 0.630. The van der Waals surface area contributed by atoms with Gasteiger partial charge in [0.2, 0.25) is 0 Å². The summed E-state index contributed by atoms with van der Waals surface area (Å²) in [5, 5.41) is 0. The van der Waals surface area contributed by atoms with Crippen LogP contribution in [0.15, 0.2) is 48.6 Å². The van der Waals surface area contributed by atoms with Gasteiger partial charge in [-0.1, -0.05) is 48.6 Å². The Morgan fingerprint density at radius 1 is 0.786 bits per heavy atom. The normalized spacial score (nSPS) is 28.9. The third kappa shape index (κ3) is 6.34. The fourth-order valence-electron chi connectivity index (χ4n) is 5.37. The average Bonchev–Trinajstić information content (AvgIpc) is 2.76. The zero-order valence-corrected chi connectivity index (χ0v) is 18.1. The first kappa shape index (κ1) is 21.4. The number of rotatable bonds is 8. The van der Waals surface area contributed by atoms with Crippen LogP contribution < -0.4 is 0 Å². The minimum Gasteiger partial charge on any atom is -0.373 e. The van der Waals surface area contributed by atoms with Crippen LogP contribution in [-0.2, 0) is 11.3 Å². The lowest BCUT2D eigenvalue weighted by molar-refractivity contribution is 0.148. The van der Waals surface area contributed by atoms with E-state index in [1.807, 2.05) is 13.0 Å². The first-order valence-electron chi connectivity index (χ1n) is 11.7. The van der Waals surface area contributed by atoms with Crippen molar-refractivity contribution in [3.8, 4) is 0 Å². The zero-order chi connectivity index (χ0) is 19.6. The summed E-state index contributed by atoms with van der Waals surface area (Å²) >= 11 is 0. The molecule has 2 aliphatic rings. The Labute approximate surface area is 173 Å². The molecule has 1 aromatic rings. The maximum atomic E-state index is 5.67. The molecule has 3 rings (SSSR count). The van der Waals surface area contributed by atoms with Crippen LogP contribution in [0.1, 0.15) is 88.7 Å². The van der Waals surface area contributed by atoms with Gasteiger partial charge in [-0.2, -0.15) is 0 Å². The Morgan fingerprint density at radius 3 is 2.00 bits per heavy atom. The maximum Gasteiger partial charge on any atom is 0.0721 e.